The normalized spacial score (nSPS) is 10.8. The van der Waals surface area contributed by atoms with E-state index in [-0.39, 0.29) is 5.69 Å². The maximum Gasteiger partial charge on any atom is 0.419 e. The molecular weight excluding hydrogens is 288 g/mol. The van der Waals surface area contributed by atoms with Gasteiger partial charge in [-0.2, -0.15) is 0 Å². The van der Waals surface area contributed by atoms with E-state index < -0.39 is 10.7 Å². The molecular formula is C14H12N4O4. The van der Waals surface area contributed by atoms with Crippen molar-refractivity contribution in [3.63, 3.8) is 0 Å². The smallest absolute Gasteiger partial charge is 0.408 e. The number of fused-ring (bicyclic) bond motifs is 1. The van der Waals surface area contributed by atoms with Gasteiger partial charge in [0.1, 0.15) is 12.0 Å². The van der Waals surface area contributed by atoms with Crippen LogP contribution in [0.5, 0.6) is 0 Å². The van der Waals surface area contributed by atoms with Crippen LogP contribution in [0, 0.1) is 17.0 Å². The van der Waals surface area contributed by atoms with E-state index in [1.54, 1.807) is 38.2 Å². The maximum atomic E-state index is 11.5. The highest BCUT2D eigenvalue weighted by atomic mass is 16.6. The lowest BCUT2D eigenvalue weighted by atomic mass is 10.2. The third-order valence-corrected chi connectivity index (χ3v) is 3.34. The molecule has 0 fully saturated rings. The summed E-state index contributed by atoms with van der Waals surface area (Å²) in [6.45, 7) is 1.64. The summed E-state index contributed by atoms with van der Waals surface area (Å²) in [6, 6.07) is 6.79. The van der Waals surface area contributed by atoms with Crippen LogP contribution in [0.2, 0.25) is 0 Å². The van der Waals surface area contributed by atoms with Crippen LogP contribution < -0.4 is 11.1 Å². The lowest BCUT2D eigenvalue weighted by molar-refractivity contribution is -0.385. The Balaban J connectivity index is 1.94. The molecule has 112 valence electrons. The van der Waals surface area contributed by atoms with Crippen LogP contribution in [0.3, 0.4) is 0 Å². The van der Waals surface area contributed by atoms with Crippen LogP contribution in [0.15, 0.2) is 39.7 Å². The third-order valence-electron chi connectivity index (χ3n) is 3.34. The first-order chi connectivity index (χ1) is 10.5. The van der Waals surface area contributed by atoms with Gasteiger partial charge in [0, 0.05) is 24.4 Å². The molecule has 8 heteroatoms. The molecule has 0 spiro atoms. The molecule has 0 bridgehead atoms. The van der Waals surface area contributed by atoms with Gasteiger partial charge in [0.05, 0.1) is 10.4 Å². The molecule has 3 rings (SSSR count). The van der Waals surface area contributed by atoms with Crippen LogP contribution in [-0.4, -0.2) is 14.5 Å². The van der Waals surface area contributed by atoms with Gasteiger partial charge in [-0.15, -0.1) is 0 Å². The number of rotatable bonds is 3. The molecule has 1 N–H and O–H groups in total. The minimum Gasteiger partial charge on any atom is -0.408 e. The van der Waals surface area contributed by atoms with Crippen LogP contribution in [-0.2, 0) is 7.05 Å². The molecule has 22 heavy (non-hydrogen) atoms. The average Bonchev–Trinajstić information content (AvgIpc) is 2.73. The van der Waals surface area contributed by atoms with Crippen LogP contribution >= 0.6 is 0 Å². The van der Waals surface area contributed by atoms with Gasteiger partial charge >= 0.3 is 5.76 Å². The zero-order chi connectivity index (χ0) is 15.9. The Hall–Kier alpha value is -3.16. The predicted octanol–water partition coefficient (Wildman–Crippen LogP) is 2.49. The lowest BCUT2D eigenvalue weighted by Gasteiger charge is -2.06. The van der Waals surface area contributed by atoms with Crippen molar-refractivity contribution in [2.24, 2.45) is 7.05 Å². The standard InChI is InChI=1S/C14H12N4O4/c1-8-5-13(15-7-11(8)18(20)21)16-9-3-4-10-12(6-9)22-14(19)17(10)2/h3-7H,1-2H3,(H,15,16). The molecule has 2 heterocycles. The van der Waals surface area contributed by atoms with Gasteiger partial charge in [-0.05, 0) is 25.1 Å². The Morgan fingerprint density at radius 2 is 2.14 bits per heavy atom. The molecule has 0 unspecified atom stereocenters. The van der Waals surface area contributed by atoms with E-state index in [2.05, 4.69) is 10.3 Å². The number of anilines is 2. The molecule has 0 atom stereocenters. The second kappa shape index (κ2) is 4.99. The zero-order valence-corrected chi connectivity index (χ0v) is 11.9. The van der Waals surface area contributed by atoms with Gasteiger partial charge in [0.25, 0.3) is 5.69 Å². The van der Waals surface area contributed by atoms with Gasteiger partial charge in [-0.3, -0.25) is 14.7 Å². The predicted molar refractivity (Wildman–Crippen MR) is 80.4 cm³/mol. The third kappa shape index (κ3) is 2.30. The molecule has 0 saturated carbocycles. The number of nitro groups is 1. The fourth-order valence-corrected chi connectivity index (χ4v) is 2.17. The van der Waals surface area contributed by atoms with Crippen LogP contribution in [0.4, 0.5) is 17.2 Å². The molecule has 2 aromatic heterocycles. The minimum absolute atomic E-state index is 0.0324. The van der Waals surface area contributed by atoms with E-state index in [4.69, 9.17) is 4.42 Å². The van der Waals surface area contributed by atoms with Crippen molar-refractivity contribution in [3.05, 3.63) is 56.7 Å². The van der Waals surface area contributed by atoms with E-state index >= 15 is 0 Å². The molecule has 0 saturated heterocycles. The second-order valence-corrected chi connectivity index (χ2v) is 4.85. The highest BCUT2D eigenvalue weighted by molar-refractivity contribution is 5.78. The summed E-state index contributed by atoms with van der Waals surface area (Å²) in [5, 5.41) is 13.8. The number of aromatic nitrogens is 2. The molecule has 0 aliphatic rings. The summed E-state index contributed by atoms with van der Waals surface area (Å²) in [5.74, 6) is 0.0391. The van der Waals surface area contributed by atoms with E-state index in [0.29, 0.717) is 28.2 Å². The number of hydrogen-bond donors (Lipinski definition) is 1. The topological polar surface area (TPSA) is 103 Å². The first-order valence-electron chi connectivity index (χ1n) is 6.43. The summed E-state index contributed by atoms with van der Waals surface area (Å²) in [4.78, 5) is 25.8. The van der Waals surface area contributed by atoms with Crippen LogP contribution in [0.1, 0.15) is 5.56 Å². The fraction of sp³-hybridized carbons (Fsp3) is 0.143. The maximum absolute atomic E-state index is 11.5. The van der Waals surface area contributed by atoms with E-state index in [1.165, 1.54) is 10.8 Å². The summed E-state index contributed by atoms with van der Waals surface area (Å²) < 4.78 is 6.52. The Morgan fingerprint density at radius 1 is 1.36 bits per heavy atom. The first-order valence-corrected chi connectivity index (χ1v) is 6.43. The Labute approximate surface area is 124 Å². The van der Waals surface area contributed by atoms with Crippen LogP contribution in [0.25, 0.3) is 11.1 Å². The average molecular weight is 300 g/mol. The molecule has 0 aliphatic heterocycles. The quantitative estimate of drug-likeness (QED) is 0.588. The van der Waals surface area contributed by atoms with Crippen molar-refractivity contribution in [1.82, 2.24) is 9.55 Å². The van der Waals surface area contributed by atoms with E-state index in [0.717, 1.165) is 0 Å². The van der Waals surface area contributed by atoms with Gasteiger partial charge in [-0.1, -0.05) is 0 Å². The van der Waals surface area contributed by atoms with Crippen molar-refractivity contribution < 1.29 is 9.34 Å². The number of pyridine rings is 1. The molecule has 1 aromatic carbocycles. The van der Waals surface area contributed by atoms with Crippen molar-refractivity contribution in [3.8, 4) is 0 Å². The number of nitrogens with zero attached hydrogens (tertiary/aromatic N) is 3. The molecule has 3 aromatic rings. The highest BCUT2D eigenvalue weighted by Gasteiger charge is 2.12. The van der Waals surface area contributed by atoms with Crippen molar-refractivity contribution in [2.75, 3.05) is 5.32 Å². The zero-order valence-electron chi connectivity index (χ0n) is 11.9. The molecule has 0 amide bonds. The largest absolute Gasteiger partial charge is 0.419 e. The van der Waals surface area contributed by atoms with Gasteiger partial charge in [0.2, 0.25) is 0 Å². The van der Waals surface area contributed by atoms with Crippen molar-refractivity contribution >= 4 is 28.3 Å². The monoisotopic (exact) mass is 300 g/mol. The lowest BCUT2D eigenvalue weighted by Crippen LogP contribution is -2.08. The highest BCUT2D eigenvalue weighted by Crippen LogP contribution is 2.23. The SMILES string of the molecule is Cc1cc(Nc2ccc3c(c2)oc(=O)n3C)ncc1[N+](=O)[O-]. The molecule has 0 radical (unpaired) electrons. The van der Waals surface area contributed by atoms with Crippen molar-refractivity contribution in [2.45, 2.75) is 6.92 Å². The number of aryl methyl sites for hydroxylation is 2. The van der Waals surface area contributed by atoms with Gasteiger partial charge < -0.3 is 9.73 Å². The minimum atomic E-state index is -0.475. The molecule has 0 aliphatic carbocycles. The first kappa shape index (κ1) is 13.8. The van der Waals surface area contributed by atoms with Crippen molar-refractivity contribution in [1.29, 1.82) is 0 Å². The van der Waals surface area contributed by atoms with Gasteiger partial charge in [-0.25, -0.2) is 9.78 Å². The summed E-state index contributed by atoms with van der Waals surface area (Å²) >= 11 is 0. The number of nitrogens with one attached hydrogen (secondary N) is 1. The fourth-order valence-electron chi connectivity index (χ4n) is 2.17. The Morgan fingerprint density at radius 3 is 2.82 bits per heavy atom. The van der Waals surface area contributed by atoms with E-state index in [9.17, 15) is 14.9 Å². The van der Waals surface area contributed by atoms with E-state index in [1.807, 2.05) is 0 Å². The summed E-state index contributed by atoms with van der Waals surface area (Å²) in [7, 11) is 1.63. The number of oxazole rings is 1. The Bertz CT molecular complexity index is 942. The summed E-state index contributed by atoms with van der Waals surface area (Å²) in [6.07, 6.45) is 1.21. The molecule has 8 nitrogen and oxygen atoms in total. The Kier molecular flexibility index (Phi) is 3.13. The number of benzene rings is 1. The van der Waals surface area contributed by atoms with Gasteiger partial charge in [0.15, 0.2) is 5.58 Å². The second-order valence-electron chi connectivity index (χ2n) is 4.85. The number of hydrogen-bond acceptors (Lipinski definition) is 6. The summed E-state index contributed by atoms with van der Waals surface area (Å²) in [5.41, 5.74) is 2.28.